The highest BCUT2D eigenvalue weighted by Crippen LogP contribution is 2.50. The van der Waals surface area contributed by atoms with Crippen LogP contribution in [0.4, 0.5) is 0 Å². The lowest BCUT2D eigenvalue weighted by Gasteiger charge is -2.24. The van der Waals surface area contributed by atoms with E-state index in [1.54, 1.807) is 31.2 Å². The average molecular weight is 662 g/mol. The molecule has 3 atom stereocenters. The molecule has 0 fully saturated rings. The van der Waals surface area contributed by atoms with E-state index in [-0.39, 0.29) is 47.7 Å². The number of carbonyl (C=O) groups excluding carboxylic acids is 3. The third-order valence-corrected chi connectivity index (χ3v) is 7.94. The van der Waals surface area contributed by atoms with Crippen LogP contribution in [0.1, 0.15) is 43.9 Å². The summed E-state index contributed by atoms with van der Waals surface area (Å²) in [5.74, 6) is -0.614. The number of hydrogen-bond acceptors (Lipinski definition) is 10. The Morgan fingerprint density at radius 1 is 0.875 bits per heavy atom. The zero-order valence-corrected chi connectivity index (χ0v) is 28.3. The highest BCUT2D eigenvalue weighted by atomic mass is 16.6. The Hall–Kier alpha value is -5.03. The summed E-state index contributed by atoms with van der Waals surface area (Å²) >= 11 is 0. The number of ether oxygens (including phenoxy) is 6. The van der Waals surface area contributed by atoms with Crippen LogP contribution in [0.2, 0.25) is 0 Å². The molecule has 1 amide bonds. The van der Waals surface area contributed by atoms with Crippen molar-refractivity contribution >= 4 is 23.2 Å². The van der Waals surface area contributed by atoms with Crippen LogP contribution < -0.4 is 33.7 Å². The molecule has 4 rings (SSSR count). The highest BCUT2D eigenvalue weighted by molar-refractivity contribution is 6.04. The summed E-state index contributed by atoms with van der Waals surface area (Å²) in [5.41, 5.74) is 2.43. The number of hydrogen-bond donors (Lipinski definition) is 2. The number of carbonyl (C=O) groups is 3. The molecule has 48 heavy (non-hydrogen) atoms. The first-order valence-corrected chi connectivity index (χ1v) is 15.6. The second kappa shape index (κ2) is 16.2. The van der Waals surface area contributed by atoms with Crippen LogP contribution in [0.3, 0.4) is 0 Å². The van der Waals surface area contributed by atoms with Gasteiger partial charge in [0.15, 0.2) is 35.4 Å². The summed E-state index contributed by atoms with van der Waals surface area (Å²) in [4.78, 5) is 39.7. The Bertz CT molecular complexity index is 1650. The Balaban J connectivity index is 1.64. The van der Waals surface area contributed by atoms with Gasteiger partial charge in [0.05, 0.1) is 28.4 Å². The SMILES string of the molecule is COc1ccc(C2=CC(=O)COc3c2cc(OC)c(OC)c3OC)cc1OC(=O)C(CC(C)C)NC(=O)C(O)C(C)Cc1ccccc1. The predicted octanol–water partition coefficient (Wildman–Crippen LogP) is 4.79. The van der Waals surface area contributed by atoms with Crippen molar-refractivity contribution in [1.29, 1.82) is 0 Å². The highest BCUT2D eigenvalue weighted by Gasteiger charge is 2.31. The van der Waals surface area contributed by atoms with Crippen LogP contribution in [-0.2, 0) is 20.8 Å². The second-order valence-electron chi connectivity index (χ2n) is 11.9. The maximum absolute atomic E-state index is 13.7. The van der Waals surface area contributed by atoms with Gasteiger partial charge in [-0.15, -0.1) is 0 Å². The molecule has 1 aliphatic heterocycles. The van der Waals surface area contributed by atoms with E-state index in [1.165, 1.54) is 34.5 Å². The normalized spacial score (nSPS) is 14.4. The Morgan fingerprint density at radius 2 is 1.56 bits per heavy atom. The van der Waals surface area contributed by atoms with Crippen molar-refractivity contribution in [3.8, 4) is 34.5 Å². The fourth-order valence-electron chi connectivity index (χ4n) is 5.54. The lowest BCUT2D eigenvalue weighted by Crippen LogP contribution is -2.49. The number of ketones is 1. The van der Waals surface area contributed by atoms with Crippen molar-refractivity contribution < 1.29 is 47.9 Å². The molecule has 1 aliphatic rings. The van der Waals surface area contributed by atoms with Crippen LogP contribution >= 0.6 is 0 Å². The van der Waals surface area contributed by atoms with Gasteiger partial charge in [0.25, 0.3) is 0 Å². The van der Waals surface area contributed by atoms with Gasteiger partial charge in [0.1, 0.15) is 12.1 Å². The number of nitrogens with one attached hydrogen (secondary N) is 1. The molecular weight excluding hydrogens is 618 g/mol. The maximum atomic E-state index is 13.7. The standard InChI is InChI=1S/C37H43NO10/c1-21(2)15-28(38-36(41)32(40)22(3)16-23-11-9-8-10-12-23)37(42)48-30-17-24(13-14-29(30)43-4)26-18-25(39)20-47-33-27(26)19-31(44-5)34(45-6)35(33)46-7/h8-14,17-19,21-22,28,32,40H,15-16,20H2,1-7H3,(H,38,41). The molecule has 0 saturated heterocycles. The lowest BCUT2D eigenvalue weighted by atomic mass is 9.94. The van der Waals surface area contributed by atoms with E-state index in [0.717, 1.165) is 5.56 Å². The number of esters is 1. The molecule has 3 aromatic carbocycles. The largest absolute Gasteiger partial charge is 0.493 e. The zero-order valence-electron chi connectivity index (χ0n) is 28.3. The van der Waals surface area contributed by atoms with Gasteiger partial charge >= 0.3 is 5.97 Å². The monoisotopic (exact) mass is 661 g/mol. The van der Waals surface area contributed by atoms with Gasteiger partial charge in [0, 0.05) is 5.56 Å². The van der Waals surface area contributed by atoms with Gasteiger partial charge in [-0.1, -0.05) is 57.2 Å². The quantitative estimate of drug-likeness (QED) is 0.183. The minimum Gasteiger partial charge on any atom is -0.493 e. The molecule has 0 saturated carbocycles. The molecular formula is C37H43NO10. The number of fused-ring (bicyclic) bond motifs is 1. The molecule has 2 N–H and O–H groups in total. The molecule has 1 heterocycles. The minimum atomic E-state index is -1.35. The smallest absolute Gasteiger partial charge is 0.334 e. The third-order valence-electron chi connectivity index (χ3n) is 7.94. The molecule has 0 spiro atoms. The molecule has 0 bridgehead atoms. The number of amides is 1. The Labute approximate surface area is 280 Å². The van der Waals surface area contributed by atoms with Crippen LogP contribution in [0.25, 0.3) is 5.57 Å². The van der Waals surface area contributed by atoms with Crippen molar-refractivity contribution in [2.45, 2.75) is 45.8 Å². The van der Waals surface area contributed by atoms with Gasteiger partial charge < -0.3 is 38.8 Å². The number of benzene rings is 3. The van der Waals surface area contributed by atoms with Gasteiger partial charge in [0.2, 0.25) is 17.4 Å². The van der Waals surface area contributed by atoms with E-state index in [9.17, 15) is 19.5 Å². The van der Waals surface area contributed by atoms with Crippen LogP contribution in [0.15, 0.2) is 60.7 Å². The van der Waals surface area contributed by atoms with Gasteiger partial charge in [-0.2, -0.15) is 0 Å². The first kappa shape index (κ1) is 35.8. The number of rotatable bonds is 14. The summed E-state index contributed by atoms with van der Waals surface area (Å²) in [6.07, 6.45) is 0.832. The van der Waals surface area contributed by atoms with Gasteiger partial charge in [-0.25, -0.2) is 4.79 Å². The zero-order chi connectivity index (χ0) is 35.0. The number of aliphatic hydroxyl groups excluding tert-OH is 1. The molecule has 3 unspecified atom stereocenters. The van der Waals surface area contributed by atoms with Crippen LogP contribution in [0.5, 0.6) is 34.5 Å². The minimum absolute atomic E-state index is 0.00979. The maximum Gasteiger partial charge on any atom is 0.334 e. The summed E-state index contributed by atoms with van der Waals surface area (Å²) in [6.45, 7) is 5.36. The van der Waals surface area contributed by atoms with Crippen LogP contribution in [-0.4, -0.2) is 70.0 Å². The van der Waals surface area contributed by atoms with Gasteiger partial charge in [-0.05, 0) is 65.7 Å². The Kier molecular flexibility index (Phi) is 12.1. The van der Waals surface area contributed by atoms with E-state index in [0.29, 0.717) is 34.6 Å². The predicted molar refractivity (Wildman–Crippen MR) is 179 cm³/mol. The summed E-state index contributed by atoms with van der Waals surface area (Å²) < 4.78 is 33.9. The molecule has 256 valence electrons. The summed E-state index contributed by atoms with van der Waals surface area (Å²) in [7, 11) is 5.84. The molecule has 3 aromatic rings. The third kappa shape index (κ3) is 8.27. The van der Waals surface area contributed by atoms with Crippen molar-refractivity contribution in [2.75, 3.05) is 35.0 Å². The molecule has 0 aliphatic carbocycles. The summed E-state index contributed by atoms with van der Waals surface area (Å²) in [5, 5.41) is 13.5. The number of aliphatic hydroxyl groups is 1. The van der Waals surface area contributed by atoms with Gasteiger partial charge in [-0.3, -0.25) is 9.59 Å². The lowest BCUT2D eigenvalue weighted by molar-refractivity contribution is -0.142. The van der Waals surface area contributed by atoms with E-state index in [1.807, 2.05) is 44.2 Å². The fourth-order valence-corrected chi connectivity index (χ4v) is 5.54. The average Bonchev–Trinajstić information content (AvgIpc) is 3.24. The molecule has 11 heteroatoms. The molecule has 0 aromatic heterocycles. The van der Waals surface area contributed by atoms with E-state index >= 15 is 0 Å². The topological polar surface area (TPSA) is 139 Å². The first-order valence-electron chi connectivity index (χ1n) is 15.6. The van der Waals surface area contributed by atoms with Crippen molar-refractivity contribution in [3.63, 3.8) is 0 Å². The van der Waals surface area contributed by atoms with E-state index < -0.39 is 29.9 Å². The molecule has 0 radical (unpaired) electrons. The number of methoxy groups -OCH3 is 4. The van der Waals surface area contributed by atoms with E-state index in [2.05, 4.69) is 5.32 Å². The fraction of sp³-hybridized carbons (Fsp3) is 0.378. The van der Waals surface area contributed by atoms with Crippen molar-refractivity contribution in [2.24, 2.45) is 11.8 Å². The first-order chi connectivity index (χ1) is 23.0. The second-order valence-corrected chi connectivity index (χ2v) is 11.9. The van der Waals surface area contributed by atoms with Crippen molar-refractivity contribution in [1.82, 2.24) is 5.32 Å². The van der Waals surface area contributed by atoms with Crippen LogP contribution in [0, 0.1) is 11.8 Å². The molecule has 11 nitrogen and oxygen atoms in total. The summed E-state index contributed by atoms with van der Waals surface area (Å²) in [6, 6.07) is 15.1. The van der Waals surface area contributed by atoms with Crippen molar-refractivity contribution in [3.05, 3.63) is 77.4 Å². The Morgan fingerprint density at radius 3 is 2.19 bits per heavy atom. The van der Waals surface area contributed by atoms with E-state index in [4.69, 9.17) is 28.4 Å².